The molecule has 0 saturated carbocycles. The Morgan fingerprint density at radius 1 is 1.12 bits per heavy atom. The molecule has 0 radical (unpaired) electrons. The fourth-order valence-corrected chi connectivity index (χ4v) is 3.20. The summed E-state index contributed by atoms with van der Waals surface area (Å²) < 4.78 is 5.74. The van der Waals surface area contributed by atoms with Crippen LogP contribution < -0.4 is 10.6 Å². The van der Waals surface area contributed by atoms with Gasteiger partial charge >= 0.3 is 6.03 Å². The van der Waals surface area contributed by atoms with Gasteiger partial charge in [0.05, 0.1) is 11.6 Å². The zero-order valence-corrected chi connectivity index (χ0v) is 17.1. The summed E-state index contributed by atoms with van der Waals surface area (Å²) in [6.07, 6.45) is 1.41. The molecule has 0 bridgehead atoms. The Kier molecular flexibility index (Phi) is 5.55. The van der Waals surface area contributed by atoms with Gasteiger partial charge in [-0.2, -0.15) is 5.26 Å². The van der Waals surface area contributed by atoms with Gasteiger partial charge in [-0.05, 0) is 55.0 Å². The highest BCUT2D eigenvalue weighted by molar-refractivity contribution is 6.15. The van der Waals surface area contributed by atoms with E-state index in [0.29, 0.717) is 22.8 Å². The maximum atomic E-state index is 12.6. The largest absolute Gasteiger partial charge is 0.457 e. The number of nitrogens with zero attached hydrogens (tertiary/aromatic N) is 2. The number of furan rings is 1. The summed E-state index contributed by atoms with van der Waals surface area (Å²) in [5, 5.41) is 14.1. The standard InChI is InChI=1S/C24H18N4O4/c1-15-4-2-3-5-19(15)26-22(29)14-28-23(30)20(27-24(28)31)12-18-10-11-21(32-18)17-8-6-16(13-25)7-9-17/h2-12H,14H2,1H3,(H,26,29)(H,27,31)/b20-12-. The molecule has 4 rings (SSSR count). The van der Waals surface area contributed by atoms with Gasteiger partial charge in [0, 0.05) is 17.3 Å². The van der Waals surface area contributed by atoms with Crippen LogP contribution in [0.25, 0.3) is 17.4 Å². The number of urea groups is 1. The lowest BCUT2D eigenvalue weighted by molar-refractivity contribution is -0.127. The third kappa shape index (κ3) is 4.27. The van der Waals surface area contributed by atoms with Gasteiger partial charge in [0.15, 0.2) is 0 Å². The van der Waals surface area contributed by atoms with E-state index in [1.54, 1.807) is 48.5 Å². The van der Waals surface area contributed by atoms with Crippen molar-refractivity contribution in [2.45, 2.75) is 6.92 Å². The summed E-state index contributed by atoms with van der Waals surface area (Å²) in [7, 11) is 0. The molecule has 1 fully saturated rings. The predicted octanol–water partition coefficient (Wildman–Crippen LogP) is 3.66. The van der Waals surface area contributed by atoms with Gasteiger partial charge in [-0.15, -0.1) is 0 Å². The number of para-hydroxylation sites is 1. The van der Waals surface area contributed by atoms with Crippen molar-refractivity contribution < 1.29 is 18.8 Å². The number of nitriles is 1. The smallest absolute Gasteiger partial charge is 0.329 e. The highest BCUT2D eigenvalue weighted by atomic mass is 16.3. The number of amides is 4. The number of anilines is 1. The highest BCUT2D eigenvalue weighted by Gasteiger charge is 2.35. The van der Waals surface area contributed by atoms with Gasteiger partial charge in [-0.3, -0.25) is 9.59 Å². The van der Waals surface area contributed by atoms with Crippen LogP contribution in [0.4, 0.5) is 10.5 Å². The topological polar surface area (TPSA) is 115 Å². The summed E-state index contributed by atoms with van der Waals surface area (Å²) in [6.45, 7) is 1.44. The number of rotatable bonds is 5. The Bertz CT molecular complexity index is 1280. The van der Waals surface area contributed by atoms with Crippen LogP contribution in [0.2, 0.25) is 0 Å². The summed E-state index contributed by atoms with van der Waals surface area (Å²) >= 11 is 0. The van der Waals surface area contributed by atoms with Gasteiger partial charge in [0.25, 0.3) is 5.91 Å². The number of hydrogen-bond donors (Lipinski definition) is 2. The van der Waals surface area contributed by atoms with Crippen LogP contribution in [0.1, 0.15) is 16.9 Å². The van der Waals surface area contributed by atoms with Crippen LogP contribution >= 0.6 is 0 Å². The number of aryl methyl sites for hydroxylation is 1. The Balaban J connectivity index is 1.45. The number of benzene rings is 2. The molecule has 3 aromatic rings. The van der Waals surface area contributed by atoms with Crippen LogP contribution in [0.5, 0.6) is 0 Å². The van der Waals surface area contributed by atoms with Crippen LogP contribution in [-0.4, -0.2) is 29.3 Å². The number of nitrogens with one attached hydrogen (secondary N) is 2. The molecule has 1 aliphatic rings. The first kappa shape index (κ1) is 20.6. The van der Waals surface area contributed by atoms with Gasteiger partial charge in [-0.1, -0.05) is 18.2 Å². The Morgan fingerprint density at radius 2 is 1.88 bits per heavy atom. The minimum atomic E-state index is -0.681. The summed E-state index contributed by atoms with van der Waals surface area (Å²) in [6, 6.07) is 18.8. The molecular formula is C24H18N4O4. The molecule has 0 aliphatic carbocycles. The van der Waals surface area contributed by atoms with E-state index in [4.69, 9.17) is 9.68 Å². The average Bonchev–Trinajstić information content (AvgIpc) is 3.36. The van der Waals surface area contributed by atoms with Crippen molar-refractivity contribution in [1.82, 2.24) is 10.2 Å². The molecule has 158 valence electrons. The molecule has 0 spiro atoms. The van der Waals surface area contributed by atoms with E-state index in [-0.39, 0.29) is 5.70 Å². The van der Waals surface area contributed by atoms with Gasteiger partial charge < -0.3 is 15.1 Å². The number of imide groups is 1. The normalized spacial score (nSPS) is 14.4. The Labute approximate surface area is 183 Å². The zero-order valence-electron chi connectivity index (χ0n) is 17.1. The van der Waals surface area contributed by atoms with Crippen molar-refractivity contribution in [3.05, 3.63) is 83.2 Å². The van der Waals surface area contributed by atoms with E-state index < -0.39 is 24.4 Å². The lowest BCUT2D eigenvalue weighted by Crippen LogP contribution is -2.38. The van der Waals surface area contributed by atoms with E-state index in [0.717, 1.165) is 16.0 Å². The van der Waals surface area contributed by atoms with Gasteiger partial charge in [0.2, 0.25) is 5.91 Å². The quantitative estimate of drug-likeness (QED) is 0.477. The molecule has 8 nitrogen and oxygen atoms in total. The van der Waals surface area contributed by atoms with E-state index >= 15 is 0 Å². The lowest BCUT2D eigenvalue weighted by atomic mass is 10.1. The minimum Gasteiger partial charge on any atom is -0.457 e. The van der Waals surface area contributed by atoms with Crippen LogP contribution in [0, 0.1) is 18.3 Å². The second kappa shape index (κ2) is 8.62. The molecule has 1 saturated heterocycles. The molecule has 2 N–H and O–H groups in total. The summed E-state index contributed by atoms with van der Waals surface area (Å²) in [5.41, 5.74) is 2.80. The molecule has 2 aromatic carbocycles. The first-order valence-corrected chi connectivity index (χ1v) is 9.75. The lowest BCUT2D eigenvalue weighted by Gasteiger charge is -2.13. The number of carbonyl (C=O) groups excluding carboxylic acids is 3. The second-order valence-electron chi connectivity index (χ2n) is 7.13. The van der Waals surface area contributed by atoms with Crippen molar-refractivity contribution in [3.8, 4) is 17.4 Å². The van der Waals surface area contributed by atoms with Crippen molar-refractivity contribution in [3.63, 3.8) is 0 Å². The molecule has 0 unspecified atom stereocenters. The summed E-state index contributed by atoms with van der Waals surface area (Å²) in [5.74, 6) is -0.191. The third-order valence-corrected chi connectivity index (χ3v) is 4.90. The van der Waals surface area contributed by atoms with Crippen molar-refractivity contribution in [2.75, 3.05) is 11.9 Å². The van der Waals surface area contributed by atoms with Crippen LogP contribution in [0.15, 0.2) is 70.8 Å². The van der Waals surface area contributed by atoms with E-state index in [9.17, 15) is 14.4 Å². The summed E-state index contributed by atoms with van der Waals surface area (Å²) in [4.78, 5) is 38.1. The van der Waals surface area contributed by atoms with Crippen LogP contribution in [-0.2, 0) is 9.59 Å². The molecular weight excluding hydrogens is 408 g/mol. The molecule has 1 aliphatic heterocycles. The predicted molar refractivity (Wildman–Crippen MR) is 117 cm³/mol. The molecule has 8 heteroatoms. The van der Waals surface area contributed by atoms with E-state index in [1.165, 1.54) is 6.08 Å². The number of carbonyl (C=O) groups is 3. The molecule has 2 heterocycles. The fourth-order valence-electron chi connectivity index (χ4n) is 3.20. The fraction of sp³-hybridized carbons (Fsp3) is 0.0833. The Morgan fingerprint density at radius 3 is 2.59 bits per heavy atom. The first-order valence-electron chi connectivity index (χ1n) is 9.75. The van der Waals surface area contributed by atoms with Crippen molar-refractivity contribution >= 4 is 29.6 Å². The maximum absolute atomic E-state index is 12.6. The SMILES string of the molecule is Cc1ccccc1NC(=O)CN1C(=O)N/C(=C\c2ccc(-c3ccc(C#N)cc3)o2)C1=O. The highest BCUT2D eigenvalue weighted by Crippen LogP contribution is 2.24. The maximum Gasteiger partial charge on any atom is 0.329 e. The van der Waals surface area contributed by atoms with Gasteiger partial charge in [-0.25, -0.2) is 9.69 Å². The molecule has 4 amide bonds. The first-order chi connectivity index (χ1) is 15.4. The number of hydrogen-bond acceptors (Lipinski definition) is 5. The third-order valence-electron chi connectivity index (χ3n) is 4.90. The average molecular weight is 426 g/mol. The molecule has 0 atom stereocenters. The molecule has 32 heavy (non-hydrogen) atoms. The van der Waals surface area contributed by atoms with E-state index in [2.05, 4.69) is 16.7 Å². The Hall–Kier alpha value is -4.64. The van der Waals surface area contributed by atoms with E-state index in [1.807, 2.05) is 19.1 Å². The van der Waals surface area contributed by atoms with Crippen molar-refractivity contribution in [1.29, 1.82) is 5.26 Å². The van der Waals surface area contributed by atoms with Crippen molar-refractivity contribution in [2.24, 2.45) is 0 Å². The second-order valence-corrected chi connectivity index (χ2v) is 7.13. The minimum absolute atomic E-state index is 0.0134. The van der Waals surface area contributed by atoms with Crippen LogP contribution in [0.3, 0.4) is 0 Å². The zero-order chi connectivity index (χ0) is 22.7. The molecule has 1 aromatic heterocycles. The monoisotopic (exact) mass is 426 g/mol. The van der Waals surface area contributed by atoms with Gasteiger partial charge in [0.1, 0.15) is 23.8 Å².